The van der Waals surface area contributed by atoms with Gasteiger partial charge in [-0.1, -0.05) is 0 Å². The quantitative estimate of drug-likeness (QED) is 0.687. The zero-order valence-corrected chi connectivity index (χ0v) is 11.3. The number of fused-ring (bicyclic) bond motifs is 1. The van der Waals surface area contributed by atoms with E-state index in [4.69, 9.17) is 10.5 Å². The molecule has 1 heterocycles. The van der Waals surface area contributed by atoms with Crippen LogP contribution in [-0.2, 0) is 0 Å². The molecule has 0 saturated carbocycles. The van der Waals surface area contributed by atoms with Gasteiger partial charge in [0.1, 0.15) is 5.75 Å². The van der Waals surface area contributed by atoms with Gasteiger partial charge >= 0.3 is 0 Å². The predicted molar refractivity (Wildman–Crippen MR) is 74.7 cm³/mol. The highest BCUT2D eigenvalue weighted by Crippen LogP contribution is 2.38. The Labute approximate surface area is 108 Å². The molecule has 18 heavy (non-hydrogen) atoms. The normalized spacial score (nSPS) is 21.6. The molecule has 1 aliphatic rings. The molecule has 0 saturated heterocycles. The summed E-state index contributed by atoms with van der Waals surface area (Å²) < 4.78 is 5.98. The van der Waals surface area contributed by atoms with Crippen molar-refractivity contribution in [1.82, 2.24) is 10.2 Å². The van der Waals surface area contributed by atoms with Gasteiger partial charge in [0.25, 0.3) is 0 Å². The van der Waals surface area contributed by atoms with Crippen molar-refractivity contribution in [1.29, 1.82) is 0 Å². The Balaban J connectivity index is 2.04. The zero-order chi connectivity index (χ0) is 13.2. The second-order valence-electron chi connectivity index (χ2n) is 4.97. The van der Waals surface area contributed by atoms with Crippen molar-refractivity contribution >= 4 is 11.4 Å². The first-order valence-corrected chi connectivity index (χ1v) is 6.25. The van der Waals surface area contributed by atoms with E-state index < -0.39 is 5.85 Å². The summed E-state index contributed by atoms with van der Waals surface area (Å²) in [6.45, 7) is 1.03. The number of nitrogens with two attached hydrogens (primary N) is 1. The molecule has 1 aromatic carbocycles. The summed E-state index contributed by atoms with van der Waals surface area (Å²) in [7, 11) is 6.05. The van der Waals surface area contributed by atoms with Crippen molar-refractivity contribution in [2.24, 2.45) is 0 Å². The number of hydrogen-bond acceptors (Lipinski definition) is 5. The summed E-state index contributed by atoms with van der Waals surface area (Å²) in [5.74, 6) is 0.343. The molecule has 1 atom stereocenters. The van der Waals surface area contributed by atoms with Crippen LogP contribution in [0.4, 0.5) is 11.4 Å². The van der Waals surface area contributed by atoms with E-state index in [-0.39, 0.29) is 0 Å². The Morgan fingerprint density at radius 3 is 2.89 bits per heavy atom. The third-order valence-electron chi connectivity index (χ3n) is 3.16. The number of benzene rings is 1. The molecule has 2 rings (SSSR count). The maximum Gasteiger partial charge on any atom is 0.238 e. The number of ether oxygens (including phenoxy) is 1. The van der Waals surface area contributed by atoms with E-state index in [0.717, 1.165) is 36.5 Å². The number of hydrogen-bond donors (Lipinski definition) is 3. The van der Waals surface area contributed by atoms with Gasteiger partial charge in [0.2, 0.25) is 5.85 Å². The second-order valence-corrected chi connectivity index (χ2v) is 4.97. The van der Waals surface area contributed by atoms with Gasteiger partial charge in [-0.25, -0.2) is 0 Å². The van der Waals surface area contributed by atoms with Gasteiger partial charge in [-0.2, -0.15) is 0 Å². The summed E-state index contributed by atoms with van der Waals surface area (Å²) in [4.78, 5) is 2.17. The third kappa shape index (κ3) is 2.68. The van der Waals surface area contributed by atoms with Crippen LogP contribution in [0.1, 0.15) is 12.8 Å². The summed E-state index contributed by atoms with van der Waals surface area (Å²) >= 11 is 0. The Morgan fingerprint density at radius 1 is 1.44 bits per heavy atom. The van der Waals surface area contributed by atoms with Gasteiger partial charge in [-0.3, -0.25) is 5.32 Å². The molecule has 0 spiro atoms. The van der Waals surface area contributed by atoms with Crippen LogP contribution in [0.3, 0.4) is 0 Å². The van der Waals surface area contributed by atoms with Crippen molar-refractivity contribution in [2.45, 2.75) is 18.7 Å². The van der Waals surface area contributed by atoms with E-state index in [1.54, 1.807) is 0 Å². The smallest absolute Gasteiger partial charge is 0.238 e. The van der Waals surface area contributed by atoms with Gasteiger partial charge in [0.05, 0.1) is 5.69 Å². The van der Waals surface area contributed by atoms with Crippen molar-refractivity contribution < 1.29 is 4.74 Å². The fraction of sp³-hybridized carbons (Fsp3) is 0.538. The maximum atomic E-state index is 5.98. The lowest BCUT2D eigenvalue weighted by molar-refractivity contribution is 0.0739. The Bertz CT molecular complexity index is 421. The summed E-state index contributed by atoms with van der Waals surface area (Å²) in [6, 6.07) is 5.66. The van der Waals surface area contributed by atoms with Crippen LogP contribution < -0.4 is 21.1 Å². The van der Waals surface area contributed by atoms with Crippen LogP contribution in [-0.4, -0.2) is 38.4 Å². The Kier molecular flexibility index (Phi) is 3.63. The molecule has 1 aromatic rings. The highest BCUT2D eigenvalue weighted by molar-refractivity contribution is 5.67. The van der Waals surface area contributed by atoms with Crippen LogP contribution in [0, 0.1) is 0 Å². The first-order valence-electron chi connectivity index (χ1n) is 6.25. The van der Waals surface area contributed by atoms with Gasteiger partial charge < -0.3 is 20.7 Å². The lowest BCUT2D eigenvalue weighted by atomic mass is 10.2. The molecule has 100 valence electrons. The second kappa shape index (κ2) is 5.04. The molecular formula is C13H22N4O. The van der Waals surface area contributed by atoms with E-state index in [1.165, 1.54) is 0 Å². The number of nitrogens with one attached hydrogen (secondary N) is 2. The number of anilines is 2. The fourth-order valence-electron chi connectivity index (χ4n) is 2.16. The minimum Gasteiger partial charge on any atom is -0.453 e. The Hall–Kier alpha value is -1.46. The van der Waals surface area contributed by atoms with Crippen molar-refractivity contribution in [2.75, 3.05) is 38.7 Å². The van der Waals surface area contributed by atoms with Crippen LogP contribution >= 0.6 is 0 Å². The van der Waals surface area contributed by atoms with Crippen LogP contribution in [0.25, 0.3) is 0 Å². The van der Waals surface area contributed by atoms with E-state index in [2.05, 4.69) is 29.6 Å². The third-order valence-corrected chi connectivity index (χ3v) is 3.16. The minimum absolute atomic E-state index is 0.508. The van der Waals surface area contributed by atoms with Gasteiger partial charge in [0.15, 0.2) is 0 Å². The standard InChI is InChI=1S/C13H22N4O/c1-15-13(7-4-8-17(2)3)16-11-9-10(14)5-6-12(11)18-13/h5-6,9,15-16H,4,7-8,14H2,1-3H3. The van der Waals surface area contributed by atoms with Crippen LogP contribution in [0.15, 0.2) is 18.2 Å². The molecule has 0 bridgehead atoms. The van der Waals surface area contributed by atoms with Gasteiger partial charge in [0, 0.05) is 12.1 Å². The zero-order valence-electron chi connectivity index (χ0n) is 11.3. The summed E-state index contributed by atoms with van der Waals surface area (Å²) in [6.07, 6.45) is 1.93. The molecule has 0 amide bonds. The molecule has 0 aliphatic carbocycles. The highest BCUT2D eigenvalue weighted by atomic mass is 16.5. The lowest BCUT2D eigenvalue weighted by Crippen LogP contribution is -2.52. The minimum atomic E-state index is -0.508. The average molecular weight is 250 g/mol. The first kappa shape index (κ1) is 13.0. The van der Waals surface area contributed by atoms with Crippen molar-refractivity contribution in [3.8, 4) is 5.75 Å². The number of rotatable bonds is 5. The highest BCUT2D eigenvalue weighted by Gasteiger charge is 2.36. The maximum absolute atomic E-state index is 5.98. The molecule has 1 unspecified atom stereocenters. The molecule has 0 fully saturated rings. The van der Waals surface area contributed by atoms with E-state index in [1.807, 2.05) is 25.2 Å². The fourth-order valence-corrected chi connectivity index (χ4v) is 2.16. The van der Waals surface area contributed by atoms with Crippen LogP contribution in [0.2, 0.25) is 0 Å². The van der Waals surface area contributed by atoms with Crippen molar-refractivity contribution in [3.05, 3.63) is 18.2 Å². The molecular weight excluding hydrogens is 228 g/mol. The SMILES string of the molecule is CNC1(CCCN(C)C)Nc2cc(N)ccc2O1. The molecule has 4 N–H and O–H groups in total. The van der Waals surface area contributed by atoms with E-state index in [9.17, 15) is 0 Å². The molecule has 5 heteroatoms. The Morgan fingerprint density at radius 2 is 2.22 bits per heavy atom. The van der Waals surface area contributed by atoms with E-state index in [0.29, 0.717) is 0 Å². The van der Waals surface area contributed by atoms with Crippen molar-refractivity contribution in [3.63, 3.8) is 0 Å². The first-order chi connectivity index (χ1) is 8.54. The number of nitrogens with zero attached hydrogens (tertiary/aromatic N) is 1. The number of nitrogen functional groups attached to an aromatic ring is 1. The molecule has 0 radical (unpaired) electrons. The van der Waals surface area contributed by atoms with Gasteiger partial charge in [-0.15, -0.1) is 0 Å². The monoisotopic (exact) mass is 250 g/mol. The van der Waals surface area contributed by atoms with Crippen LogP contribution in [0.5, 0.6) is 5.75 Å². The molecule has 0 aromatic heterocycles. The predicted octanol–water partition coefficient (Wildman–Crippen LogP) is 1.29. The summed E-state index contributed by atoms with van der Waals surface area (Å²) in [5, 5.41) is 6.61. The largest absolute Gasteiger partial charge is 0.453 e. The lowest BCUT2D eigenvalue weighted by Gasteiger charge is -2.29. The topological polar surface area (TPSA) is 62.5 Å². The van der Waals surface area contributed by atoms with Gasteiger partial charge in [-0.05, 0) is 52.3 Å². The average Bonchev–Trinajstić information content (AvgIpc) is 2.67. The molecule has 5 nitrogen and oxygen atoms in total. The molecule has 1 aliphatic heterocycles. The summed E-state index contributed by atoms with van der Waals surface area (Å²) in [5.41, 5.74) is 7.47. The van der Waals surface area contributed by atoms with E-state index >= 15 is 0 Å².